The van der Waals surface area contributed by atoms with Crippen LogP contribution in [0.4, 0.5) is 0 Å². The fraction of sp³-hybridized carbons (Fsp3) is 0.462. The third kappa shape index (κ3) is 4.61. The molecule has 0 heterocycles. The van der Waals surface area contributed by atoms with Crippen LogP contribution in [-0.4, -0.2) is 12.4 Å². The van der Waals surface area contributed by atoms with E-state index >= 15 is 0 Å². The Hall–Kier alpha value is -0.660. The van der Waals surface area contributed by atoms with E-state index in [0.29, 0.717) is 12.5 Å². The first-order valence-corrected chi connectivity index (χ1v) is 7.40. The van der Waals surface area contributed by atoms with Gasteiger partial charge in [-0.15, -0.1) is 0 Å². The van der Waals surface area contributed by atoms with Crippen LogP contribution in [0.5, 0.6) is 5.75 Å². The molecule has 0 amide bonds. The zero-order valence-corrected chi connectivity index (χ0v) is 12.5. The summed E-state index contributed by atoms with van der Waals surface area (Å²) < 4.78 is 6.47. The van der Waals surface area contributed by atoms with Gasteiger partial charge in [-0.3, -0.25) is 0 Å². The third-order valence-corrected chi connectivity index (χ3v) is 3.73. The number of benzene rings is 1. The van der Waals surface area contributed by atoms with E-state index in [1.165, 1.54) is 17.3 Å². The molecule has 0 fully saturated rings. The zero-order valence-electron chi connectivity index (χ0n) is 10.1. The van der Waals surface area contributed by atoms with Crippen LogP contribution in [0.1, 0.15) is 31.7 Å². The average molecular weight is 314 g/mol. The molecule has 0 aliphatic rings. The van der Waals surface area contributed by atoms with Gasteiger partial charge in [-0.1, -0.05) is 13.0 Å². The molecule has 0 aliphatic heterocycles. The lowest BCUT2D eigenvalue weighted by Crippen LogP contribution is -1.97. The van der Waals surface area contributed by atoms with Gasteiger partial charge in [0.1, 0.15) is 11.2 Å². The minimum atomic E-state index is 0.461. The molecule has 0 N–H and O–H groups in total. The number of hydrogen-bond acceptors (Lipinski definition) is 3. The number of thioether (sulfide) groups is 1. The lowest BCUT2D eigenvalue weighted by molar-refractivity contribution is 0.338. The Balaban J connectivity index is 2.65. The van der Waals surface area contributed by atoms with Crippen LogP contribution in [-0.2, 0) is 0 Å². The van der Waals surface area contributed by atoms with Crippen molar-refractivity contribution < 1.29 is 4.74 Å². The van der Waals surface area contributed by atoms with Crippen molar-refractivity contribution in [2.45, 2.75) is 26.2 Å². The second-order valence-corrected chi connectivity index (χ2v) is 5.49. The van der Waals surface area contributed by atoms with Crippen molar-refractivity contribution in [3.8, 4) is 11.2 Å². The van der Waals surface area contributed by atoms with E-state index in [4.69, 9.17) is 10.00 Å². The predicted molar refractivity (Wildman–Crippen MR) is 76.4 cm³/mol. The van der Waals surface area contributed by atoms with Crippen LogP contribution in [0.2, 0.25) is 0 Å². The van der Waals surface area contributed by atoms with Crippen LogP contribution >= 0.6 is 27.7 Å². The largest absolute Gasteiger partial charge is 0.493 e. The van der Waals surface area contributed by atoms with Crippen molar-refractivity contribution in [1.29, 1.82) is 5.26 Å². The Morgan fingerprint density at radius 1 is 1.53 bits per heavy atom. The van der Waals surface area contributed by atoms with Crippen LogP contribution in [0.25, 0.3) is 0 Å². The Morgan fingerprint density at radius 3 is 2.88 bits per heavy atom. The van der Waals surface area contributed by atoms with Crippen LogP contribution < -0.4 is 4.74 Å². The van der Waals surface area contributed by atoms with Gasteiger partial charge in [0.25, 0.3) is 0 Å². The van der Waals surface area contributed by atoms with Gasteiger partial charge in [0.2, 0.25) is 0 Å². The molecule has 0 aromatic heterocycles. The quantitative estimate of drug-likeness (QED) is 0.570. The summed E-state index contributed by atoms with van der Waals surface area (Å²) >= 11 is 4.83. The summed E-state index contributed by atoms with van der Waals surface area (Å²) in [7, 11) is 0. The highest BCUT2D eigenvalue weighted by Gasteiger charge is 2.08. The zero-order chi connectivity index (χ0) is 12.7. The number of rotatable bonds is 6. The molecule has 1 rings (SSSR count). The first-order valence-electron chi connectivity index (χ1n) is 5.62. The predicted octanol–water partition coefficient (Wildman–Crippen LogP) is 4.56. The second-order valence-electron chi connectivity index (χ2n) is 3.75. The molecule has 17 heavy (non-hydrogen) atoms. The standard InChI is InChI=1S/C13H16BrNOS/c1-3-16-13-5-4-11(8-12(13)14)10(2)6-7-17-9-15/h4-5,8,10H,3,6-7H2,1-2H3. The monoisotopic (exact) mass is 313 g/mol. The van der Waals surface area contributed by atoms with E-state index < -0.39 is 0 Å². The summed E-state index contributed by atoms with van der Waals surface area (Å²) in [5.74, 6) is 2.22. The lowest BCUT2D eigenvalue weighted by Gasteiger charge is -2.13. The molecule has 1 atom stereocenters. The smallest absolute Gasteiger partial charge is 0.133 e. The normalized spacial score (nSPS) is 11.9. The van der Waals surface area contributed by atoms with Gasteiger partial charge < -0.3 is 4.74 Å². The Bertz CT molecular complexity index is 403. The van der Waals surface area contributed by atoms with Crippen molar-refractivity contribution in [1.82, 2.24) is 0 Å². The molecular formula is C13H16BrNOS. The summed E-state index contributed by atoms with van der Waals surface area (Å²) in [6.07, 6.45) is 1.01. The number of thiocyanates is 1. The minimum Gasteiger partial charge on any atom is -0.493 e. The van der Waals surface area contributed by atoms with Crippen LogP contribution in [0.3, 0.4) is 0 Å². The maximum absolute atomic E-state index is 8.48. The van der Waals surface area contributed by atoms with E-state index in [-0.39, 0.29) is 0 Å². The summed E-state index contributed by atoms with van der Waals surface area (Å²) in [5, 5.41) is 10.6. The first-order chi connectivity index (χ1) is 8.19. The lowest BCUT2D eigenvalue weighted by atomic mass is 9.99. The summed E-state index contributed by atoms with van der Waals surface area (Å²) in [6, 6.07) is 6.20. The van der Waals surface area contributed by atoms with E-state index in [0.717, 1.165) is 22.4 Å². The van der Waals surface area contributed by atoms with E-state index in [1.807, 2.05) is 13.0 Å². The van der Waals surface area contributed by atoms with Crippen molar-refractivity contribution in [3.05, 3.63) is 28.2 Å². The summed E-state index contributed by atoms with van der Waals surface area (Å²) in [5.41, 5.74) is 1.28. The molecule has 0 aliphatic carbocycles. The van der Waals surface area contributed by atoms with E-state index in [1.54, 1.807) is 0 Å². The van der Waals surface area contributed by atoms with Gasteiger partial charge in [0.15, 0.2) is 0 Å². The van der Waals surface area contributed by atoms with E-state index in [9.17, 15) is 0 Å². The number of nitrogens with zero attached hydrogens (tertiary/aromatic N) is 1. The summed E-state index contributed by atoms with van der Waals surface area (Å²) in [6.45, 7) is 4.83. The summed E-state index contributed by atoms with van der Waals surface area (Å²) in [4.78, 5) is 0. The molecule has 0 radical (unpaired) electrons. The van der Waals surface area contributed by atoms with E-state index in [2.05, 4.69) is 40.4 Å². The molecule has 1 aromatic rings. The van der Waals surface area contributed by atoms with Crippen LogP contribution in [0.15, 0.2) is 22.7 Å². The van der Waals surface area contributed by atoms with Gasteiger partial charge in [-0.2, -0.15) is 5.26 Å². The van der Waals surface area contributed by atoms with Gasteiger partial charge in [-0.05, 0) is 64.7 Å². The highest BCUT2D eigenvalue weighted by molar-refractivity contribution is 9.10. The number of nitriles is 1. The SMILES string of the molecule is CCOc1ccc(C(C)CCSC#N)cc1Br. The average Bonchev–Trinajstić information content (AvgIpc) is 2.32. The molecule has 0 spiro atoms. The van der Waals surface area contributed by atoms with Crippen molar-refractivity contribution in [2.75, 3.05) is 12.4 Å². The maximum atomic E-state index is 8.48. The Morgan fingerprint density at radius 2 is 2.29 bits per heavy atom. The molecule has 0 saturated carbocycles. The van der Waals surface area contributed by atoms with Crippen molar-refractivity contribution in [2.24, 2.45) is 0 Å². The highest BCUT2D eigenvalue weighted by atomic mass is 79.9. The van der Waals surface area contributed by atoms with Gasteiger partial charge >= 0.3 is 0 Å². The highest BCUT2D eigenvalue weighted by Crippen LogP contribution is 2.30. The second kappa shape index (κ2) is 7.62. The maximum Gasteiger partial charge on any atom is 0.133 e. The topological polar surface area (TPSA) is 33.0 Å². The molecule has 1 aromatic carbocycles. The van der Waals surface area contributed by atoms with Gasteiger partial charge in [-0.25, -0.2) is 0 Å². The Kier molecular flexibility index (Phi) is 6.46. The molecule has 4 heteroatoms. The number of ether oxygens (including phenoxy) is 1. The van der Waals surface area contributed by atoms with Crippen molar-refractivity contribution in [3.63, 3.8) is 0 Å². The molecule has 92 valence electrons. The molecule has 1 unspecified atom stereocenters. The van der Waals surface area contributed by atoms with Gasteiger partial charge in [0.05, 0.1) is 11.1 Å². The van der Waals surface area contributed by atoms with Crippen molar-refractivity contribution >= 4 is 27.7 Å². The minimum absolute atomic E-state index is 0.461. The molecule has 0 saturated heterocycles. The third-order valence-electron chi connectivity index (χ3n) is 2.54. The fourth-order valence-corrected chi connectivity index (χ4v) is 2.62. The molecular weight excluding hydrogens is 298 g/mol. The van der Waals surface area contributed by atoms with Gasteiger partial charge in [0, 0.05) is 5.75 Å². The van der Waals surface area contributed by atoms with Crippen LogP contribution in [0, 0.1) is 10.7 Å². The fourth-order valence-electron chi connectivity index (χ4n) is 1.54. The number of hydrogen-bond donors (Lipinski definition) is 0. The number of halogens is 1. The molecule has 2 nitrogen and oxygen atoms in total. The molecule has 0 bridgehead atoms. The first kappa shape index (κ1) is 14.4. The Labute approximate surface area is 115 Å².